The van der Waals surface area contributed by atoms with Crippen molar-refractivity contribution in [2.24, 2.45) is 11.8 Å². The van der Waals surface area contributed by atoms with Gasteiger partial charge in [0.25, 0.3) is 0 Å². The van der Waals surface area contributed by atoms with Crippen molar-refractivity contribution in [1.82, 2.24) is 0 Å². The van der Waals surface area contributed by atoms with Gasteiger partial charge in [0.15, 0.2) is 0 Å². The second kappa shape index (κ2) is 19.7. The zero-order chi connectivity index (χ0) is 25.8. The van der Waals surface area contributed by atoms with Crippen LogP contribution >= 0.6 is 0 Å². The molecule has 1 saturated carbocycles. The van der Waals surface area contributed by atoms with E-state index in [1.807, 2.05) is 0 Å². The molecule has 0 aromatic heterocycles. The number of carboxylic acid groups (broad SMARTS) is 4. The average molecular weight is 484 g/mol. The third-order valence-corrected chi connectivity index (χ3v) is 4.48. The average Bonchev–Trinajstić information content (AvgIpc) is 2.72. The van der Waals surface area contributed by atoms with Crippen LogP contribution in [0.15, 0.2) is 0 Å². The second-order valence-electron chi connectivity index (χ2n) is 7.08. The Labute approximate surface area is 192 Å². The predicted octanol–water partition coefficient (Wildman–Crippen LogP) is 4.73. The molecule has 2 fully saturated rings. The fourth-order valence-corrected chi connectivity index (χ4v) is 3.06. The van der Waals surface area contributed by atoms with Gasteiger partial charge in [0.2, 0.25) is 6.29 Å². The highest BCUT2D eigenvalue weighted by atomic mass is 16.8. The number of rotatable bonds is 3. The van der Waals surface area contributed by atoms with Crippen molar-refractivity contribution in [2.45, 2.75) is 71.7 Å². The molecule has 13 heteroatoms. The van der Waals surface area contributed by atoms with Crippen LogP contribution < -0.4 is 0 Å². The molecule has 33 heavy (non-hydrogen) atoms. The van der Waals surface area contributed by atoms with Gasteiger partial charge in [-0.2, -0.15) is 0 Å². The summed E-state index contributed by atoms with van der Waals surface area (Å²) in [5.41, 5.74) is 0. The molecule has 0 aromatic rings. The van der Waals surface area contributed by atoms with Crippen molar-refractivity contribution in [2.75, 3.05) is 20.3 Å². The Morgan fingerprint density at radius 1 is 0.848 bits per heavy atom. The minimum atomic E-state index is -1.83. The third kappa shape index (κ3) is 20.7. The van der Waals surface area contributed by atoms with Crippen LogP contribution in [0.3, 0.4) is 0 Å². The fourth-order valence-electron chi connectivity index (χ4n) is 3.06. The van der Waals surface area contributed by atoms with Gasteiger partial charge in [-0.15, -0.1) is 0 Å². The first-order chi connectivity index (χ1) is 15.4. The van der Waals surface area contributed by atoms with Gasteiger partial charge in [0.05, 0.1) is 20.3 Å². The zero-order valence-corrected chi connectivity index (χ0v) is 19.4. The molecule has 0 bridgehead atoms. The van der Waals surface area contributed by atoms with E-state index in [0.29, 0.717) is 18.4 Å². The van der Waals surface area contributed by atoms with E-state index < -0.39 is 30.9 Å². The van der Waals surface area contributed by atoms with Crippen LogP contribution in [-0.4, -0.2) is 77.8 Å². The van der Waals surface area contributed by atoms with Crippen molar-refractivity contribution in [3.63, 3.8) is 0 Å². The molecule has 0 radical (unpaired) electrons. The normalized spacial score (nSPS) is 23.3. The molecule has 0 aromatic carbocycles. The Morgan fingerprint density at radius 2 is 1.36 bits per heavy atom. The van der Waals surface area contributed by atoms with E-state index in [0.717, 1.165) is 39.2 Å². The molecule has 2 aliphatic rings. The highest BCUT2D eigenvalue weighted by Gasteiger charge is 2.32. The minimum absolute atomic E-state index is 0.00478. The standard InChI is InChI=1S/C14H24O4.C3H6O3.C2H4O3.CH2O3/c1-10-6-5-7-11(2)13(10)18-14(15)17-12-8-3-4-9-16-12;1-2-6-3(4)5;1-5-2(3)4;2-1(3)4/h10-13H,3-9H2,1-2H3;2H2,1H3,(H,4,5);1H3,(H,3,4);(H2,2,3,4). The highest BCUT2D eigenvalue weighted by Crippen LogP contribution is 2.31. The monoisotopic (exact) mass is 484 g/mol. The summed E-state index contributed by atoms with van der Waals surface area (Å²) < 4.78 is 23.7. The molecule has 0 spiro atoms. The van der Waals surface area contributed by atoms with E-state index in [9.17, 15) is 9.59 Å². The number of carbonyl (C=O) groups is 4. The van der Waals surface area contributed by atoms with E-state index >= 15 is 0 Å². The molecule has 194 valence electrons. The van der Waals surface area contributed by atoms with E-state index in [4.69, 9.17) is 44.2 Å². The van der Waals surface area contributed by atoms with Crippen molar-refractivity contribution in [3.8, 4) is 0 Å². The summed E-state index contributed by atoms with van der Waals surface area (Å²) in [6.07, 6.45) is 1.10. The number of ether oxygens (including phenoxy) is 5. The van der Waals surface area contributed by atoms with Crippen molar-refractivity contribution in [3.05, 3.63) is 0 Å². The molecule has 13 nitrogen and oxygen atoms in total. The maximum atomic E-state index is 11.7. The predicted molar refractivity (Wildman–Crippen MR) is 112 cm³/mol. The lowest BCUT2D eigenvalue weighted by Crippen LogP contribution is -2.36. The van der Waals surface area contributed by atoms with Crippen LogP contribution in [0.1, 0.15) is 59.3 Å². The van der Waals surface area contributed by atoms with Crippen molar-refractivity contribution in [1.29, 1.82) is 0 Å². The van der Waals surface area contributed by atoms with Gasteiger partial charge in [-0.25, -0.2) is 19.2 Å². The molecule has 1 aliphatic carbocycles. The van der Waals surface area contributed by atoms with Crippen LogP contribution in [-0.2, 0) is 23.7 Å². The summed E-state index contributed by atoms with van der Waals surface area (Å²) in [7, 11) is 1.10. The van der Waals surface area contributed by atoms with E-state index in [-0.39, 0.29) is 12.7 Å². The maximum Gasteiger partial charge on any atom is 0.510 e. The first-order valence-electron chi connectivity index (χ1n) is 10.5. The molecular formula is C20H36O13. The molecular weight excluding hydrogens is 448 g/mol. The lowest BCUT2D eigenvalue weighted by atomic mass is 9.81. The molecule has 4 N–H and O–H groups in total. The first-order valence-corrected chi connectivity index (χ1v) is 10.5. The summed E-state index contributed by atoms with van der Waals surface area (Å²) in [6.45, 7) is 6.81. The molecule has 3 atom stereocenters. The quantitative estimate of drug-likeness (QED) is 0.317. The van der Waals surface area contributed by atoms with E-state index in [1.54, 1.807) is 6.92 Å². The minimum Gasteiger partial charge on any atom is -0.450 e. The second-order valence-corrected chi connectivity index (χ2v) is 7.08. The largest absolute Gasteiger partial charge is 0.510 e. The fraction of sp³-hybridized carbons (Fsp3) is 0.800. The summed E-state index contributed by atoms with van der Waals surface area (Å²) >= 11 is 0. The number of methoxy groups -OCH3 is 1. The Morgan fingerprint density at radius 3 is 1.70 bits per heavy atom. The van der Waals surface area contributed by atoms with Crippen LogP contribution in [0.5, 0.6) is 0 Å². The Hall–Kier alpha value is -2.96. The Balaban J connectivity index is 0. The number of hydrogen-bond acceptors (Lipinski definition) is 9. The van der Waals surface area contributed by atoms with Gasteiger partial charge in [-0.3, -0.25) is 0 Å². The third-order valence-electron chi connectivity index (χ3n) is 4.48. The van der Waals surface area contributed by atoms with Gasteiger partial charge in [0.1, 0.15) is 6.10 Å². The van der Waals surface area contributed by atoms with Gasteiger partial charge in [-0.05, 0) is 44.4 Å². The van der Waals surface area contributed by atoms with Crippen LogP contribution in [0, 0.1) is 11.8 Å². The molecule has 1 saturated heterocycles. The van der Waals surface area contributed by atoms with Crippen LogP contribution in [0.2, 0.25) is 0 Å². The van der Waals surface area contributed by atoms with Gasteiger partial charge in [0, 0.05) is 6.42 Å². The Kier molecular flexibility index (Phi) is 19.2. The smallest absolute Gasteiger partial charge is 0.450 e. The summed E-state index contributed by atoms with van der Waals surface area (Å²) in [6, 6.07) is 0. The van der Waals surface area contributed by atoms with Crippen molar-refractivity contribution >= 4 is 24.6 Å². The SMILES string of the molecule is CC1CCCC(C)C1OC(=O)OC1CCCCO1.CCOC(=O)O.COC(=O)O.O=C(O)O. The molecule has 0 amide bonds. The van der Waals surface area contributed by atoms with Crippen molar-refractivity contribution < 1.29 is 63.3 Å². The van der Waals surface area contributed by atoms with Gasteiger partial charge in [-0.1, -0.05) is 20.3 Å². The van der Waals surface area contributed by atoms with Crippen LogP contribution in [0.25, 0.3) is 0 Å². The lowest BCUT2D eigenvalue weighted by molar-refractivity contribution is -0.152. The highest BCUT2D eigenvalue weighted by molar-refractivity contribution is 5.60. The molecule has 3 unspecified atom stereocenters. The first kappa shape index (κ1) is 32.2. The molecule has 2 rings (SSSR count). The molecule has 1 aliphatic heterocycles. The topological polar surface area (TPSA) is 195 Å². The number of carbonyl (C=O) groups excluding carboxylic acids is 1. The van der Waals surface area contributed by atoms with E-state index in [1.165, 1.54) is 6.42 Å². The number of hydrogen-bond donors (Lipinski definition) is 4. The Bertz CT molecular complexity index is 546. The van der Waals surface area contributed by atoms with Gasteiger partial charge < -0.3 is 44.1 Å². The molecule has 1 heterocycles. The maximum absolute atomic E-state index is 11.7. The lowest BCUT2D eigenvalue weighted by Gasteiger charge is -2.34. The zero-order valence-electron chi connectivity index (χ0n) is 19.4. The summed E-state index contributed by atoms with van der Waals surface area (Å²) in [5, 5.41) is 29.1. The van der Waals surface area contributed by atoms with E-state index in [2.05, 4.69) is 23.3 Å². The summed E-state index contributed by atoms with van der Waals surface area (Å²) in [4.78, 5) is 38.8. The summed E-state index contributed by atoms with van der Waals surface area (Å²) in [5.74, 6) is 0.849. The van der Waals surface area contributed by atoms with Gasteiger partial charge >= 0.3 is 24.6 Å². The van der Waals surface area contributed by atoms with Crippen LogP contribution in [0.4, 0.5) is 19.2 Å².